The molecule has 27 heavy (non-hydrogen) atoms. The summed E-state index contributed by atoms with van der Waals surface area (Å²) in [6.07, 6.45) is 4.53. The van der Waals surface area contributed by atoms with Gasteiger partial charge in [0.15, 0.2) is 5.65 Å². The van der Waals surface area contributed by atoms with E-state index in [1.807, 2.05) is 24.3 Å². The molecule has 0 radical (unpaired) electrons. The van der Waals surface area contributed by atoms with Gasteiger partial charge in [0.25, 0.3) is 12.0 Å². The van der Waals surface area contributed by atoms with Crippen molar-refractivity contribution in [3.05, 3.63) is 48.4 Å². The number of halogens is 1. The van der Waals surface area contributed by atoms with Crippen LogP contribution in [0.3, 0.4) is 0 Å². The molecule has 0 saturated heterocycles. The highest BCUT2D eigenvalue weighted by molar-refractivity contribution is 5.94. The van der Waals surface area contributed by atoms with Crippen LogP contribution in [0.15, 0.2) is 36.7 Å². The number of hydrogen-bond acceptors (Lipinski definition) is 6. The molecule has 6 rings (SSSR count). The topological polar surface area (TPSA) is 98.4 Å². The van der Waals surface area contributed by atoms with Crippen LogP contribution >= 0.6 is 0 Å². The highest BCUT2D eigenvalue weighted by atomic mass is 19.1. The average Bonchev–Trinajstić information content (AvgIpc) is 3.07. The molecule has 1 saturated carbocycles. The van der Waals surface area contributed by atoms with E-state index in [-0.39, 0.29) is 0 Å². The Labute approximate surface area is 150 Å². The summed E-state index contributed by atoms with van der Waals surface area (Å²) in [5, 5.41) is 27.6. The highest BCUT2D eigenvalue weighted by Crippen LogP contribution is 2.37. The van der Waals surface area contributed by atoms with Gasteiger partial charge < -0.3 is 5.11 Å². The van der Waals surface area contributed by atoms with Crippen molar-refractivity contribution in [3.63, 3.8) is 0 Å². The minimum absolute atomic E-state index is 0.377. The number of hydrogen-bond donors (Lipinski definition) is 1. The van der Waals surface area contributed by atoms with Gasteiger partial charge in [-0.25, -0.2) is 9.38 Å². The molecular formula is C17H13FN8O. The first kappa shape index (κ1) is 14.7. The number of aromatic nitrogens is 8. The lowest BCUT2D eigenvalue weighted by atomic mass is 10.2. The van der Waals surface area contributed by atoms with Gasteiger partial charge in [-0.3, -0.25) is 4.40 Å². The molecule has 4 aromatic heterocycles. The van der Waals surface area contributed by atoms with Crippen LogP contribution < -0.4 is 0 Å². The molecule has 0 aliphatic heterocycles. The molecule has 0 bridgehead atoms. The summed E-state index contributed by atoms with van der Waals surface area (Å²) in [5.41, 5.74) is 1.73. The Morgan fingerprint density at radius 3 is 2.81 bits per heavy atom. The van der Waals surface area contributed by atoms with Crippen molar-refractivity contribution >= 4 is 22.2 Å². The fraction of sp³-hybridized carbons (Fsp3) is 0.235. The van der Waals surface area contributed by atoms with E-state index in [0.29, 0.717) is 34.9 Å². The van der Waals surface area contributed by atoms with Crippen LogP contribution in [0.1, 0.15) is 18.5 Å². The average molecular weight is 364 g/mol. The van der Waals surface area contributed by atoms with Gasteiger partial charge in [-0.05, 0) is 25.0 Å². The number of benzene rings is 1. The summed E-state index contributed by atoms with van der Waals surface area (Å²) in [4.78, 5) is 3.81. The minimum atomic E-state index is -0.661. The maximum absolute atomic E-state index is 14.4. The van der Waals surface area contributed by atoms with Gasteiger partial charge >= 0.3 is 0 Å². The predicted molar refractivity (Wildman–Crippen MR) is 92.0 cm³/mol. The molecule has 9 nitrogen and oxygen atoms in total. The molecule has 1 aromatic carbocycles. The number of nitrogens with zero attached hydrogens (tertiary/aromatic N) is 8. The molecule has 0 amide bonds. The second kappa shape index (κ2) is 4.86. The van der Waals surface area contributed by atoms with Crippen molar-refractivity contribution < 1.29 is 9.50 Å². The maximum atomic E-state index is 14.4. The second-order valence-corrected chi connectivity index (χ2v) is 6.95. The van der Waals surface area contributed by atoms with Gasteiger partial charge in [0.1, 0.15) is 5.65 Å². The molecule has 4 heterocycles. The van der Waals surface area contributed by atoms with Crippen LogP contribution in [0, 0.1) is 6.08 Å². The van der Waals surface area contributed by atoms with Crippen LogP contribution in [-0.4, -0.2) is 49.7 Å². The van der Waals surface area contributed by atoms with Crippen molar-refractivity contribution in [3.8, 4) is 5.95 Å². The quantitative estimate of drug-likeness (QED) is 0.518. The lowest BCUT2D eigenvalue weighted by Crippen LogP contribution is -2.10. The SMILES string of the molecule is OC1(Cc2cn(-c3nnc4c5ccccc5n5c(F)ncc5n34)nn2)CC1. The van der Waals surface area contributed by atoms with Crippen LogP contribution in [0.5, 0.6) is 0 Å². The number of imidazole rings is 1. The molecule has 1 aliphatic rings. The summed E-state index contributed by atoms with van der Waals surface area (Å²) >= 11 is 0. The fourth-order valence-corrected chi connectivity index (χ4v) is 3.50. The highest BCUT2D eigenvalue weighted by Gasteiger charge is 2.41. The maximum Gasteiger partial charge on any atom is 0.295 e. The molecule has 1 fully saturated rings. The Hall–Kier alpha value is -3.40. The third kappa shape index (κ3) is 2.04. The Morgan fingerprint density at radius 1 is 1.11 bits per heavy atom. The lowest BCUT2D eigenvalue weighted by Gasteiger charge is -2.07. The van der Waals surface area contributed by atoms with Gasteiger partial charge in [0.05, 0.1) is 29.2 Å². The van der Waals surface area contributed by atoms with E-state index in [2.05, 4.69) is 25.5 Å². The van der Waals surface area contributed by atoms with Gasteiger partial charge in [0.2, 0.25) is 0 Å². The molecule has 0 spiro atoms. The van der Waals surface area contributed by atoms with Gasteiger partial charge in [-0.1, -0.05) is 17.3 Å². The van der Waals surface area contributed by atoms with Gasteiger partial charge in [-0.15, -0.1) is 15.3 Å². The van der Waals surface area contributed by atoms with E-state index in [4.69, 9.17) is 0 Å². The zero-order valence-corrected chi connectivity index (χ0v) is 14.0. The van der Waals surface area contributed by atoms with Crippen LogP contribution in [0.4, 0.5) is 4.39 Å². The normalized spacial score (nSPS) is 15.9. The van der Waals surface area contributed by atoms with Crippen molar-refractivity contribution in [1.29, 1.82) is 0 Å². The summed E-state index contributed by atoms with van der Waals surface area (Å²) in [6.45, 7) is 0. The van der Waals surface area contributed by atoms with Crippen LogP contribution in [0.2, 0.25) is 0 Å². The lowest BCUT2D eigenvalue weighted by molar-refractivity contribution is 0.149. The Bertz CT molecular complexity index is 1350. The molecular weight excluding hydrogens is 351 g/mol. The first-order chi connectivity index (χ1) is 13.1. The zero-order valence-electron chi connectivity index (χ0n) is 14.0. The van der Waals surface area contributed by atoms with Crippen LogP contribution in [0.25, 0.3) is 28.1 Å². The van der Waals surface area contributed by atoms with Crippen LogP contribution in [-0.2, 0) is 6.42 Å². The van der Waals surface area contributed by atoms with Crippen molar-refractivity contribution in [1.82, 2.24) is 39.0 Å². The molecule has 134 valence electrons. The third-order valence-electron chi connectivity index (χ3n) is 5.04. The zero-order chi connectivity index (χ0) is 18.2. The minimum Gasteiger partial charge on any atom is -0.389 e. The van der Waals surface area contributed by atoms with Crippen molar-refractivity contribution in [2.24, 2.45) is 0 Å². The van der Waals surface area contributed by atoms with E-state index < -0.39 is 11.7 Å². The number of aliphatic hydroxyl groups is 1. The van der Waals surface area contributed by atoms with Crippen molar-refractivity contribution in [2.45, 2.75) is 24.9 Å². The van der Waals surface area contributed by atoms with E-state index in [0.717, 1.165) is 18.2 Å². The van der Waals surface area contributed by atoms with Crippen molar-refractivity contribution in [2.75, 3.05) is 0 Å². The Balaban J connectivity index is 1.63. The van der Waals surface area contributed by atoms with Gasteiger partial charge in [-0.2, -0.15) is 9.07 Å². The molecule has 0 unspecified atom stereocenters. The smallest absolute Gasteiger partial charge is 0.295 e. The Morgan fingerprint density at radius 2 is 1.96 bits per heavy atom. The summed E-state index contributed by atoms with van der Waals surface area (Å²) in [7, 11) is 0. The second-order valence-electron chi connectivity index (χ2n) is 6.95. The molecule has 1 N–H and O–H groups in total. The summed E-state index contributed by atoms with van der Waals surface area (Å²) < 4.78 is 19.0. The fourth-order valence-electron chi connectivity index (χ4n) is 3.50. The van der Waals surface area contributed by atoms with Gasteiger partial charge in [0, 0.05) is 11.8 Å². The monoisotopic (exact) mass is 364 g/mol. The number of para-hydroxylation sites is 1. The first-order valence-corrected chi connectivity index (χ1v) is 8.56. The van der Waals surface area contributed by atoms with E-state index >= 15 is 0 Å². The third-order valence-corrected chi connectivity index (χ3v) is 5.04. The molecule has 5 aromatic rings. The summed E-state index contributed by atoms with van der Waals surface area (Å²) in [5.74, 6) is 0.377. The molecule has 10 heteroatoms. The van der Waals surface area contributed by atoms with E-state index in [9.17, 15) is 9.50 Å². The largest absolute Gasteiger partial charge is 0.389 e. The first-order valence-electron chi connectivity index (χ1n) is 8.56. The molecule has 0 atom stereocenters. The van der Waals surface area contributed by atoms with E-state index in [1.165, 1.54) is 15.3 Å². The number of rotatable bonds is 3. The molecule has 1 aliphatic carbocycles. The number of fused-ring (bicyclic) bond motifs is 6. The Kier molecular flexibility index (Phi) is 2.65. The summed E-state index contributed by atoms with van der Waals surface area (Å²) in [6, 6.07) is 7.37. The standard InChI is InChI=1S/C17H13FN8O/c18-15-19-8-13-25(15)12-4-2-1-3-11(12)14-21-22-16(26(13)14)24-9-10(20-23-24)7-17(27)5-6-17/h1-4,8-9,27H,5-7H2. The van der Waals surface area contributed by atoms with E-state index in [1.54, 1.807) is 10.6 Å². The predicted octanol–water partition coefficient (Wildman–Crippen LogP) is 1.32.